The third kappa shape index (κ3) is 3.34. The molecule has 1 heterocycles. The lowest BCUT2D eigenvalue weighted by molar-refractivity contribution is 0.414. The number of rotatable bonds is 4. The summed E-state index contributed by atoms with van der Waals surface area (Å²) in [5.74, 6) is 0.275. The maximum Gasteiger partial charge on any atom is 0.243 e. The fourth-order valence-corrected chi connectivity index (χ4v) is 4.14. The SMILES string of the molecule is COc1cccc(C2=CCCN(S(=O)(=O)c3ccc(F)cc3)C2)c1. The molecule has 0 spiro atoms. The molecule has 2 aromatic carbocycles. The zero-order valence-electron chi connectivity index (χ0n) is 13.3. The highest BCUT2D eigenvalue weighted by atomic mass is 32.2. The predicted octanol–water partition coefficient (Wildman–Crippen LogP) is 3.31. The van der Waals surface area contributed by atoms with Gasteiger partial charge in [-0.15, -0.1) is 0 Å². The fraction of sp³-hybridized carbons (Fsp3) is 0.222. The third-order valence-corrected chi connectivity index (χ3v) is 5.87. The van der Waals surface area contributed by atoms with Gasteiger partial charge in [0.2, 0.25) is 10.0 Å². The molecular weight excluding hydrogens is 329 g/mol. The molecule has 0 unspecified atom stereocenters. The van der Waals surface area contributed by atoms with Gasteiger partial charge < -0.3 is 4.74 Å². The summed E-state index contributed by atoms with van der Waals surface area (Å²) >= 11 is 0. The van der Waals surface area contributed by atoms with E-state index in [0.29, 0.717) is 13.0 Å². The summed E-state index contributed by atoms with van der Waals surface area (Å²) in [6.07, 6.45) is 2.68. The number of hydrogen-bond donors (Lipinski definition) is 0. The Labute approximate surface area is 141 Å². The molecule has 2 aromatic rings. The molecule has 0 aromatic heterocycles. The molecule has 0 bridgehead atoms. The van der Waals surface area contributed by atoms with Gasteiger partial charge in [-0.2, -0.15) is 4.31 Å². The molecular formula is C18H18FNO3S. The van der Waals surface area contributed by atoms with E-state index in [-0.39, 0.29) is 11.4 Å². The molecule has 3 rings (SSSR count). The number of methoxy groups -OCH3 is 1. The van der Waals surface area contributed by atoms with Crippen molar-refractivity contribution in [2.45, 2.75) is 11.3 Å². The molecule has 0 saturated heterocycles. The van der Waals surface area contributed by atoms with Gasteiger partial charge in [0.1, 0.15) is 11.6 Å². The number of sulfonamides is 1. The van der Waals surface area contributed by atoms with Gasteiger partial charge >= 0.3 is 0 Å². The van der Waals surface area contributed by atoms with E-state index in [1.807, 2.05) is 30.3 Å². The average molecular weight is 347 g/mol. The summed E-state index contributed by atoms with van der Waals surface area (Å²) in [5.41, 5.74) is 1.87. The van der Waals surface area contributed by atoms with E-state index >= 15 is 0 Å². The Morgan fingerprint density at radius 2 is 1.88 bits per heavy atom. The van der Waals surface area contributed by atoms with Gasteiger partial charge in [0, 0.05) is 13.1 Å². The Balaban J connectivity index is 1.86. The van der Waals surface area contributed by atoms with Crippen LogP contribution in [0.15, 0.2) is 59.5 Å². The highest BCUT2D eigenvalue weighted by molar-refractivity contribution is 7.89. The van der Waals surface area contributed by atoms with Crippen LogP contribution in [0, 0.1) is 5.82 Å². The van der Waals surface area contributed by atoms with E-state index in [9.17, 15) is 12.8 Å². The minimum Gasteiger partial charge on any atom is -0.497 e. The van der Waals surface area contributed by atoms with Crippen LogP contribution in [0.2, 0.25) is 0 Å². The van der Waals surface area contributed by atoms with Crippen molar-refractivity contribution in [1.82, 2.24) is 4.31 Å². The van der Waals surface area contributed by atoms with Crippen LogP contribution in [0.5, 0.6) is 5.75 Å². The van der Waals surface area contributed by atoms with E-state index in [1.165, 1.54) is 16.4 Å². The minimum atomic E-state index is -3.64. The van der Waals surface area contributed by atoms with Crippen molar-refractivity contribution >= 4 is 15.6 Å². The van der Waals surface area contributed by atoms with Crippen LogP contribution in [0.3, 0.4) is 0 Å². The van der Waals surface area contributed by atoms with Gasteiger partial charge in [-0.3, -0.25) is 0 Å². The maximum absolute atomic E-state index is 13.0. The van der Waals surface area contributed by atoms with Crippen LogP contribution >= 0.6 is 0 Å². The Bertz CT molecular complexity index is 860. The second kappa shape index (κ2) is 6.75. The number of benzene rings is 2. The summed E-state index contributed by atoms with van der Waals surface area (Å²) < 4.78 is 45.2. The smallest absolute Gasteiger partial charge is 0.243 e. The van der Waals surface area contributed by atoms with Crippen LogP contribution in [0.1, 0.15) is 12.0 Å². The van der Waals surface area contributed by atoms with E-state index in [1.54, 1.807) is 7.11 Å². The van der Waals surface area contributed by atoms with Crippen LogP contribution in [0.4, 0.5) is 4.39 Å². The molecule has 0 atom stereocenters. The average Bonchev–Trinajstić information content (AvgIpc) is 2.62. The van der Waals surface area contributed by atoms with E-state index in [2.05, 4.69) is 0 Å². The molecule has 0 N–H and O–H groups in total. The lowest BCUT2D eigenvalue weighted by atomic mass is 10.0. The second-order valence-electron chi connectivity index (χ2n) is 5.54. The Morgan fingerprint density at radius 1 is 1.12 bits per heavy atom. The topological polar surface area (TPSA) is 46.6 Å². The summed E-state index contributed by atoms with van der Waals surface area (Å²) in [6.45, 7) is 0.694. The molecule has 24 heavy (non-hydrogen) atoms. The van der Waals surface area contributed by atoms with Crippen LogP contribution in [0.25, 0.3) is 5.57 Å². The van der Waals surface area contributed by atoms with Crippen LogP contribution in [-0.2, 0) is 10.0 Å². The normalized spacial score (nSPS) is 15.8. The Hall–Kier alpha value is -2.18. The summed E-state index contributed by atoms with van der Waals surface area (Å²) in [7, 11) is -2.04. The van der Waals surface area contributed by atoms with Gasteiger partial charge in [-0.25, -0.2) is 12.8 Å². The number of halogens is 1. The first kappa shape index (κ1) is 16.7. The van der Waals surface area contributed by atoms with Gasteiger partial charge in [0.05, 0.1) is 12.0 Å². The third-order valence-electron chi connectivity index (χ3n) is 4.01. The first-order valence-corrected chi connectivity index (χ1v) is 9.04. The van der Waals surface area contributed by atoms with Crippen molar-refractivity contribution in [3.63, 3.8) is 0 Å². The molecule has 126 valence electrons. The highest BCUT2D eigenvalue weighted by Gasteiger charge is 2.27. The molecule has 0 radical (unpaired) electrons. The standard InChI is InChI=1S/C18H18FNO3S/c1-23-17-6-2-4-14(12-17)15-5-3-11-20(13-15)24(21,22)18-9-7-16(19)8-10-18/h2,4-10,12H,3,11,13H2,1H3. The van der Waals surface area contributed by atoms with Crippen molar-refractivity contribution in [3.05, 3.63) is 66.0 Å². The summed E-state index contributed by atoms with van der Waals surface area (Å²) in [4.78, 5) is 0.107. The summed E-state index contributed by atoms with van der Waals surface area (Å²) in [5, 5.41) is 0. The van der Waals surface area contributed by atoms with Crippen molar-refractivity contribution in [2.75, 3.05) is 20.2 Å². The van der Waals surface area contributed by atoms with Crippen molar-refractivity contribution < 1.29 is 17.5 Å². The molecule has 0 aliphatic carbocycles. The van der Waals surface area contributed by atoms with Crippen molar-refractivity contribution in [3.8, 4) is 5.75 Å². The maximum atomic E-state index is 13.0. The van der Waals surface area contributed by atoms with E-state index in [4.69, 9.17) is 4.74 Å². The largest absolute Gasteiger partial charge is 0.497 e. The number of ether oxygens (including phenoxy) is 1. The quantitative estimate of drug-likeness (QED) is 0.852. The molecule has 6 heteroatoms. The van der Waals surface area contributed by atoms with Crippen molar-refractivity contribution in [2.24, 2.45) is 0 Å². The zero-order valence-corrected chi connectivity index (χ0v) is 14.1. The van der Waals surface area contributed by atoms with E-state index < -0.39 is 15.8 Å². The second-order valence-corrected chi connectivity index (χ2v) is 7.48. The molecule has 1 aliphatic heterocycles. The van der Waals surface area contributed by atoms with Crippen molar-refractivity contribution in [1.29, 1.82) is 0 Å². The predicted molar refractivity (Wildman–Crippen MR) is 90.7 cm³/mol. The van der Waals surface area contributed by atoms with E-state index in [0.717, 1.165) is 29.0 Å². The van der Waals surface area contributed by atoms with Gasteiger partial charge in [-0.05, 0) is 54.0 Å². The van der Waals surface area contributed by atoms with Gasteiger partial charge in [-0.1, -0.05) is 18.2 Å². The molecule has 4 nitrogen and oxygen atoms in total. The Morgan fingerprint density at radius 3 is 2.58 bits per heavy atom. The Kier molecular flexibility index (Phi) is 4.69. The lowest BCUT2D eigenvalue weighted by Crippen LogP contribution is -2.35. The van der Waals surface area contributed by atoms with Crippen LogP contribution in [-0.4, -0.2) is 32.9 Å². The zero-order chi connectivity index (χ0) is 17.2. The number of nitrogens with zero attached hydrogens (tertiary/aromatic N) is 1. The minimum absolute atomic E-state index is 0.107. The highest BCUT2D eigenvalue weighted by Crippen LogP contribution is 2.27. The molecule has 1 aliphatic rings. The monoisotopic (exact) mass is 347 g/mol. The lowest BCUT2D eigenvalue weighted by Gasteiger charge is -2.27. The molecule has 0 fully saturated rings. The number of hydrogen-bond acceptors (Lipinski definition) is 3. The first-order chi connectivity index (χ1) is 11.5. The molecule has 0 amide bonds. The van der Waals surface area contributed by atoms with Gasteiger partial charge in [0.25, 0.3) is 0 Å². The first-order valence-electron chi connectivity index (χ1n) is 7.60. The van der Waals surface area contributed by atoms with Crippen LogP contribution < -0.4 is 4.74 Å². The fourth-order valence-electron chi connectivity index (χ4n) is 2.71. The molecule has 0 saturated carbocycles. The van der Waals surface area contributed by atoms with Gasteiger partial charge in [0.15, 0.2) is 0 Å². The summed E-state index contributed by atoms with van der Waals surface area (Å²) in [6, 6.07) is 12.5.